The molecule has 0 heterocycles. The predicted molar refractivity (Wildman–Crippen MR) is 69.7 cm³/mol. The lowest BCUT2D eigenvalue weighted by Crippen LogP contribution is -2.37. The molecule has 0 aromatic rings. The maximum Gasteiger partial charge on any atom is 0.220 e. The van der Waals surface area contributed by atoms with Crippen molar-refractivity contribution in [2.75, 3.05) is 0 Å². The molecule has 1 aliphatic carbocycles. The third kappa shape index (κ3) is 5.71. The number of nitrogens with one attached hydrogen (secondary N) is 1. The Labute approximate surface area is 105 Å². The number of hydrogen-bond acceptors (Lipinski definition) is 2. The van der Waals surface area contributed by atoms with E-state index in [1.807, 2.05) is 6.92 Å². The normalized spacial score (nSPS) is 19.9. The quantitative estimate of drug-likeness (QED) is 0.784. The first kappa shape index (κ1) is 15.7. The van der Waals surface area contributed by atoms with Gasteiger partial charge in [-0.05, 0) is 39.0 Å². The van der Waals surface area contributed by atoms with Crippen molar-refractivity contribution in [2.24, 2.45) is 11.7 Å². The Hall–Kier alpha value is -0.280. The van der Waals surface area contributed by atoms with Crippen LogP contribution in [0.3, 0.4) is 0 Å². The molecule has 4 heteroatoms. The second-order valence-corrected chi connectivity index (χ2v) is 4.92. The molecule has 2 unspecified atom stereocenters. The first-order valence-corrected chi connectivity index (χ1v) is 6.14. The van der Waals surface area contributed by atoms with E-state index in [0.29, 0.717) is 18.4 Å². The van der Waals surface area contributed by atoms with Gasteiger partial charge in [0.15, 0.2) is 0 Å². The Morgan fingerprint density at radius 2 is 1.94 bits per heavy atom. The summed E-state index contributed by atoms with van der Waals surface area (Å²) >= 11 is 0. The van der Waals surface area contributed by atoms with Gasteiger partial charge in [-0.1, -0.05) is 12.8 Å². The van der Waals surface area contributed by atoms with E-state index in [2.05, 4.69) is 12.2 Å². The van der Waals surface area contributed by atoms with Gasteiger partial charge in [0.05, 0.1) is 0 Å². The van der Waals surface area contributed by atoms with Gasteiger partial charge in [0.2, 0.25) is 5.91 Å². The van der Waals surface area contributed by atoms with E-state index < -0.39 is 0 Å². The summed E-state index contributed by atoms with van der Waals surface area (Å²) in [7, 11) is 0. The lowest BCUT2D eigenvalue weighted by molar-refractivity contribution is -0.122. The summed E-state index contributed by atoms with van der Waals surface area (Å²) < 4.78 is 0. The smallest absolute Gasteiger partial charge is 0.220 e. The van der Waals surface area contributed by atoms with E-state index in [9.17, 15) is 4.79 Å². The minimum absolute atomic E-state index is 0. The van der Waals surface area contributed by atoms with Gasteiger partial charge in [-0.15, -0.1) is 12.4 Å². The van der Waals surface area contributed by atoms with E-state index in [4.69, 9.17) is 5.73 Å². The summed E-state index contributed by atoms with van der Waals surface area (Å²) in [5.41, 5.74) is 5.61. The van der Waals surface area contributed by atoms with Gasteiger partial charge in [-0.2, -0.15) is 0 Å². The number of nitrogens with two attached hydrogens (primary N) is 1. The average Bonchev–Trinajstić information content (AvgIpc) is 2.67. The number of hydrogen-bond donors (Lipinski definition) is 2. The van der Waals surface area contributed by atoms with Gasteiger partial charge in [-0.3, -0.25) is 4.79 Å². The highest BCUT2D eigenvalue weighted by Gasteiger charge is 2.22. The van der Waals surface area contributed by atoms with Crippen molar-refractivity contribution in [1.29, 1.82) is 0 Å². The summed E-state index contributed by atoms with van der Waals surface area (Å²) in [6, 6.07) is 0.464. The van der Waals surface area contributed by atoms with Gasteiger partial charge in [0.25, 0.3) is 0 Å². The zero-order chi connectivity index (χ0) is 11.3. The molecule has 0 bridgehead atoms. The molecule has 0 saturated heterocycles. The summed E-state index contributed by atoms with van der Waals surface area (Å²) in [5.74, 6) is 0.857. The van der Waals surface area contributed by atoms with E-state index in [0.717, 1.165) is 6.42 Å². The Morgan fingerprint density at radius 3 is 2.44 bits per heavy atom. The van der Waals surface area contributed by atoms with Gasteiger partial charge >= 0.3 is 0 Å². The number of carbonyl (C=O) groups excluding carboxylic acids is 1. The first-order chi connectivity index (χ1) is 7.09. The fourth-order valence-electron chi connectivity index (χ4n) is 2.26. The second kappa shape index (κ2) is 7.91. The van der Waals surface area contributed by atoms with E-state index in [1.54, 1.807) is 0 Å². The number of rotatable bonds is 5. The number of carbonyl (C=O) groups is 1. The van der Waals surface area contributed by atoms with Crippen molar-refractivity contribution in [1.82, 2.24) is 5.32 Å². The Bertz CT molecular complexity index is 203. The zero-order valence-corrected chi connectivity index (χ0v) is 11.2. The molecule has 0 aliphatic heterocycles. The molecule has 1 fully saturated rings. The van der Waals surface area contributed by atoms with Crippen LogP contribution in [-0.4, -0.2) is 18.0 Å². The molecule has 3 N–H and O–H groups in total. The molecule has 1 rings (SSSR count). The SMILES string of the molecule is CC(N)CCC(=O)NC(C)C1CCCC1.Cl. The summed E-state index contributed by atoms with van der Waals surface area (Å²) in [4.78, 5) is 11.5. The van der Waals surface area contributed by atoms with Crippen molar-refractivity contribution in [2.45, 2.75) is 64.5 Å². The van der Waals surface area contributed by atoms with Crippen LogP contribution >= 0.6 is 12.4 Å². The minimum atomic E-state index is 0. The molecule has 1 aliphatic rings. The van der Waals surface area contributed by atoms with Crippen LogP contribution in [0.4, 0.5) is 0 Å². The Balaban J connectivity index is 0.00000225. The maximum atomic E-state index is 11.5. The van der Waals surface area contributed by atoms with Crippen LogP contribution in [0.5, 0.6) is 0 Å². The van der Waals surface area contributed by atoms with Crippen molar-refractivity contribution < 1.29 is 4.79 Å². The molecular formula is C12H25ClN2O. The van der Waals surface area contributed by atoms with E-state index in [1.165, 1.54) is 25.7 Å². The summed E-state index contributed by atoms with van der Waals surface area (Å²) in [6.45, 7) is 4.06. The maximum absolute atomic E-state index is 11.5. The summed E-state index contributed by atoms with van der Waals surface area (Å²) in [5, 5.41) is 3.08. The number of amides is 1. The molecule has 16 heavy (non-hydrogen) atoms. The fraction of sp³-hybridized carbons (Fsp3) is 0.917. The largest absolute Gasteiger partial charge is 0.353 e. The van der Waals surface area contributed by atoms with Gasteiger partial charge in [0.1, 0.15) is 0 Å². The van der Waals surface area contributed by atoms with Gasteiger partial charge in [-0.25, -0.2) is 0 Å². The van der Waals surface area contributed by atoms with Crippen LogP contribution in [-0.2, 0) is 4.79 Å². The molecule has 0 radical (unpaired) electrons. The Kier molecular flexibility index (Phi) is 7.77. The highest BCUT2D eigenvalue weighted by molar-refractivity contribution is 5.85. The fourth-order valence-corrected chi connectivity index (χ4v) is 2.26. The predicted octanol–water partition coefficient (Wildman–Crippen LogP) is 2.23. The monoisotopic (exact) mass is 248 g/mol. The first-order valence-electron chi connectivity index (χ1n) is 6.14. The van der Waals surface area contributed by atoms with E-state index in [-0.39, 0.29) is 24.4 Å². The lowest BCUT2D eigenvalue weighted by atomic mass is 9.99. The second-order valence-electron chi connectivity index (χ2n) is 4.92. The lowest BCUT2D eigenvalue weighted by Gasteiger charge is -2.20. The van der Waals surface area contributed by atoms with Crippen LogP contribution in [0.2, 0.25) is 0 Å². The van der Waals surface area contributed by atoms with Crippen LogP contribution in [0.1, 0.15) is 52.4 Å². The Morgan fingerprint density at radius 1 is 1.38 bits per heavy atom. The van der Waals surface area contributed by atoms with Crippen LogP contribution in [0.15, 0.2) is 0 Å². The molecule has 0 spiro atoms. The highest BCUT2D eigenvalue weighted by atomic mass is 35.5. The minimum Gasteiger partial charge on any atom is -0.353 e. The van der Waals surface area contributed by atoms with Crippen molar-refractivity contribution in [3.63, 3.8) is 0 Å². The molecule has 96 valence electrons. The third-order valence-corrected chi connectivity index (χ3v) is 3.32. The summed E-state index contributed by atoms with van der Waals surface area (Å²) in [6.07, 6.45) is 6.54. The molecule has 2 atom stereocenters. The molecule has 3 nitrogen and oxygen atoms in total. The van der Waals surface area contributed by atoms with Gasteiger partial charge in [0, 0.05) is 18.5 Å². The molecule has 1 saturated carbocycles. The van der Waals surface area contributed by atoms with Crippen LogP contribution in [0.25, 0.3) is 0 Å². The van der Waals surface area contributed by atoms with Crippen molar-refractivity contribution >= 4 is 18.3 Å². The zero-order valence-electron chi connectivity index (χ0n) is 10.4. The molecule has 0 aromatic carbocycles. The molecular weight excluding hydrogens is 224 g/mol. The van der Waals surface area contributed by atoms with Crippen LogP contribution < -0.4 is 11.1 Å². The highest BCUT2D eigenvalue weighted by Crippen LogP contribution is 2.27. The molecule has 0 aromatic heterocycles. The topological polar surface area (TPSA) is 55.1 Å². The van der Waals surface area contributed by atoms with Crippen molar-refractivity contribution in [3.05, 3.63) is 0 Å². The van der Waals surface area contributed by atoms with Crippen LogP contribution in [0, 0.1) is 5.92 Å². The van der Waals surface area contributed by atoms with E-state index >= 15 is 0 Å². The third-order valence-electron chi connectivity index (χ3n) is 3.32. The van der Waals surface area contributed by atoms with Crippen molar-refractivity contribution in [3.8, 4) is 0 Å². The molecule has 1 amide bonds. The average molecular weight is 249 g/mol. The standard InChI is InChI=1S/C12H24N2O.ClH/c1-9(13)7-8-12(15)14-10(2)11-5-3-4-6-11;/h9-11H,3-8,13H2,1-2H3,(H,14,15);1H. The number of halogens is 1. The van der Waals surface area contributed by atoms with Gasteiger partial charge < -0.3 is 11.1 Å².